The molecule has 0 aliphatic heterocycles. The number of nitrogens with two attached hydrogens (primary N) is 1. The number of benzene rings is 1. The second-order valence-electron chi connectivity index (χ2n) is 6.19. The van der Waals surface area contributed by atoms with E-state index in [1.54, 1.807) is 0 Å². The number of nitrogens with zero attached hydrogens (tertiary/aromatic N) is 1. The Bertz CT molecular complexity index is 693. The highest BCUT2D eigenvalue weighted by atomic mass is 35.5. The Morgan fingerprint density at radius 3 is 2.71 bits per heavy atom. The number of nitrogens with one attached hydrogen (secondary N) is 1. The van der Waals surface area contributed by atoms with Gasteiger partial charge in [-0.2, -0.15) is 0 Å². The van der Waals surface area contributed by atoms with Crippen molar-refractivity contribution in [3.63, 3.8) is 0 Å². The lowest BCUT2D eigenvalue weighted by Crippen LogP contribution is -2.44. The fraction of sp³-hybridized carbons (Fsp3) is 0.444. The summed E-state index contributed by atoms with van der Waals surface area (Å²) < 4.78 is 0. The van der Waals surface area contributed by atoms with E-state index in [0.717, 1.165) is 35.9 Å². The molecule has 0 bridgehead atoms. The molecular formula is C18H25Cl2N3O. The highest BCUT2D eigenvalue weighted by molar-refractivity contribution is 6.06. The molecular weight excluding hydrogens is 345 g/mol. The molecule has 24 heavy (non-hydrogen) atoms. The lowest BCUT2D eigenvalue weighted by molar-refractivity contribution is 0.0909. The molecule has 0 saturated heterocycles. The highest BCUT2D eigenvalue weighted by Crippen LogP contribution is 2.25. The second kappa shape index (κ2) is 9.21. The summed E-state index contributed by atoms with van der Waals surface area (Å²) in [6, 6.07) is 9.86. The average molecular weight is 370 g/mol. The van der Waals surface area contributed by atoms with Gasteiger partial charge >= 0.3 is 0 Å². The number of amides is 1. The molecule has 1 saturated carbocycles. The number of aromatic nitrogens is 1. The molecule has 0 radical (unpaired) electrons. The van der Waals surface area contributed by atoms with Crippen LogP contribution in [0.25, 0.3) is 10.9 Å². The summed E-state index contributed by atoms with van der Waals surface area (Å²) in [5.74, 6) is 0.388. The predicted molar refractivity (Wildman–Crippen MR) is 103 cm³/mol. The van der Waals surface area contributed by atoms with E-state index in [9.17, 15) is 4.79 Å². The van der Waals surface area contributed by atoms with Crippen LogP contribution in [-0.4, -0.2) is 23.5 Å². The molecule has 1 aromatic carbocycles. The summed E-state index contributed by atoms with van der Waals surface area (Å²) in [6.07, 6.45) is 4.51. The van der Waals surface area contributed by atoms with Gasteiger partial charge in [0.15, 0.2) is 0 Å². The van der Waals surface area contributed by atoms with Crippen molar-refractivity contribution in [3.8, 4) is 0 Å². The normalized spacial score (nSPS) is 19.9. The number of aryl methyl sites for hydroxylation is 1. The predicted octanol–water partition coefficient (Wildman–Crippen LogP) is 3.63. The van der Waals surface area contributed by atoms with Gasteiger partial charge in [0.1, 0.15) is 0 Å². The number of para-hydroxylation sites is 1. The third-order valence-electron chi connectivity index (χ3n) is 4.62. The van der Waals surface area contributed by atoms with E-state index in [1.807, 2.05) is 37.3 Å². The minimum atomic E-state index is -0.00736. The molecule has 2 atom stereocenters. The maximum absolute atomic E-state index is 12.8. The van der Waals surface area contributed by atoms with Crippen LogP contribution in [0.4, 0.5) is 0 Å². The number of halogens is 2. The first-order chi connectivity index (χ1) is 10.7. The third-order valence-corrected chi connectivity index (χ3v) is 4.62. The molecule has 1 aliphatic carbocycles. The molecule has 2 unspecified atom stereocenters. The number of carbonyl (C=O) groups excluding carboxylic acids is 1. The highest BCUT2D eigenvalue weighted by Gasteiger charge is 2.26. The fourth-order valence-electron chi connectivity index (χ4n) is 3.42. The number of fused-ring (bicyclic) bond motifs is 1. The van der Waals surface area contributed by atoms with E-state index < -0.39 is 0 Å². The van der Waals surface area contributed by atoms with Crippen molar-refractivity contribution in [2.45, 2.75) is 38.6 Å². The second-order valence-corrected chi connectivity index (χ2v) is 6.19. The molecule has 1 aliphatic rings. The largest absolute Gasteiger partial charge is 0.349 e. The van der Waals surface area contributed by atoms with Gasteiger partial charge in [-0.25, -0.2) is 0 Å². The van der Waals surface area contributed by atoms with Crippen LogP contribution >= 0.6 is 24.8 Å². The van der Waals surface area contributed by atoms with Crippen molar-refractivity contribution in [3.05, 3.63) is 41.6 Å². The minimum Gasteiger partial charge on any atom is -0.349 e. The lowest BCUT2D eigenvalue weighted by atomic mass is 9.84. The fourth-order valence-corrected chi connectivity index (χ4v) is 3.42. The first-order valence-electron chi connectivity index (χ1n) is 8.06. The maximum Gasteiger partial charge on any atom is 0.252 e. The van der Waals surface area contributed by atoms with Crippen LogP contribution in [0.3, 0.4) is 0 Å². The van der Waals surface area contributed by atoms with Crippen molar-refractivity contribution < 1.29 is 4.79 Å². The smallest absolute Gasteiger partial charge is 0.252 e. The van der Waals surface area contributed by atoms with E-state index in [-0.39, 0.29) is 36.8 Å². The molecule has 1 heterocycles. The molecule has 4 nitrogen and oxygen atoms in total. The van der Waals surface area contributed by atoms with Crippen LogP contribution in [0.2, 0.25) is 0 Å². The lowest BCUT2D eigenvalue weighted by Gasteiger charge is -2.31. The molecule has 3 rings (SSSR count). The Labute approximate surface area is 155 Å². The van der Waals surface area contributed by atoms with Gasteiger partial charge in [0.25, 0.3) is 5.91 Å². The third kappa shape index (κ3) is 4.38. The first kappa shape index (κ1) is 20.7. The van der Waals surface area contributed by atoms with Gasteiger partial charge in [-0.1, -0.05) is 31.0 Å². The van der Waals surface area contributed by atoms with Gasteiger partial charge in [0, 0.05) is 17.1 Å². The summed E-state index contributed by atoms with van der Waals surface area (Å²) >= 11 is 0. The average Bonchev–Trinajstić information content (AvgIpc) is 2.54. The molecule has 0 spiro atoms. The number of rotatable bonds is 3. The van der Waals surface area contributed by atoms with Gasteiger partial charge in [0.05, 0.1) is 11.1 Å². The molecule has 6 heteroatoms. The Hall–Kier alpha value is -1.36. The number of hydrogen-bond donors (Lipinski definition) is 2. The zero-order chi connectivity index (χ0) is 15.5. The van der Waals surface area contributed by atoms with Crippen LogP contribution in [-0.2, 0) is 0 Å². The number of hydrogen-bond acceptors (Lipinski definition) is 3. The number of pyridine rings is 1. The van der Waals surface area contributed by atoms with Crippen molar-refractivity contribution >= 4 is 41.6 Å². The summed E-state index contributed by atoms with van der Waals surface area (Å²) in [6.45, 7) is 2.56. The van der Waals surface area contributed by atoms with E-state index in [4.69, 9.17) is 5.73 Å². The van der Waals surface area contributed by atoms with Crippen LogP contribution in [0.15, 0.2) is 30.3 Å². The van der Waals surface area contributed by atoms with Crippen LogP contribution in [0, 0.1) is 12.8 Å². The summed E-state index contributed by atoms with van der Waals surface area (Å²) in [7, 11) is 0. The zero-order valence-electron chi connectivity index (χ0n) is 13.8. The Balaban J connectivity index is 0.00000144. The summed E-state index contributed by atoms with van der Waals surface area (Å²) in [4.78, 5) is 17.3. The summed E-state index contributed by atoms with van der Waals surface area (Å²) in [5.41, 5.74) is 8.30. The van der Waals surface area contributed by atoms with Crippen molar-refractivity contribution in [2.75, 3.05) is 6.54 Å². The van der Waals surface area contributed by atoms with Crippen molar-refractivity contribution in [1.82, 2.24) is 10.3 Å². The Morgan fingerprint density at radius 2 is 1.96 bits per heavy atom. The van der Waals surface area contributed by atoms with Gasteiger partial charge < -0.3 is 11.1 Å². The SMILES string of the molecule is Cc1cc(C(=O)NC2CCCCC2CN)c2ccccc2n1.Cl.Cl. The maximum atomic E-state index is 12.8. The van der Waals surface area contributed by atoms with Gasteiger partial charge in [0.2, 0.25) is 0 Å². The molecule has 1 amide bonds. The van der Waals surface area contributed by atoms with Crippen LogP contribution < -0.4 is 11.1 Å². The summed E-state index contributed by atoms with van der Waals surface area (Å²) in [5, 5.41) is 4.12. The molecule has 1 aromatic heterocycles. The molecule has 3 N–H and O–H groups in total. The topological polar surface area (TPSA) is 68.0 Å². The van der Waals surface area contributed by atoms with E-state index in [2.05, 4.69) is 10.3 Å². The van der Waals surface area contributed by atoms with Crippen LogP contribution in [0.1, 0.15) is 41.7 Å². The van der Waals surface area contributed by atoms with E-state index in [1.165, 1.54) is 6.42 Å². The van der Waals surface area contributed by atoms with Crippen molar-refractivity contribution in [2.24, 2.45) is 11.7 Å². The minimum absolute atomic E-state index is 0. The zero-order valence-corrected chi connectivity index (χ0v) is 15.5. The first-order valence-corrected chi connectivity index (χ1v) is 8.06. The van der Waals surface area contributed by atoms with Gasteiger partial charge in [-0.3, -0.25) is 9.78 Å². The van der Waals surface area contributed by atoms with Crippen molar-refractivity contribution in [1.29, 1.82) is 0 Å². The molecule has 132 valence electrons. The standard InChI is InChI=1S/C18H23N3O.2ClH/c1-12-10-15(14-7-3-5-9-17(14)20-12)18(22)21-16-8-4-2-6-13(16)11-19;;/h3,5,7,9-10,13,16H,2,4,6,8,11,19H2,1H3,(H,21,22);2*1H. The number of carbonyl (C=O) groups is 1. The van der Waals surface area contributed by atoms with Crippen LogP contribution in [0.5, 0.6) is 0 Å². The van der Waals surface area contributed by atoms with Gasteiger partial charge in [-0.15, -0.1) is 24.8 Å². The van der Waals surface area contributed by atoms with E-state index in [0.29, 0.717) is 18.0 Å². The molecule has 2 aromatic rings. The van der Waals surface area contributed by atoms with E-state index >= 15 is 0 Å². The Kier molecular flexibility index (Phi) is 7.94. The quantitative estimate of drug-likeness (QED) is 0.867. The Morgan fingerprint density at radius 1 is 1.25 bits per heavy atom. The molecule has 1 fully saturated rings. The monoisotopic (exact) mass is 369 g/mol. The van der Waals surface area contributed by atoms with Gasteiger partial charge in [-0.05, 0) is 44.4 Å².